The molecule has 3 fully saturated rings. The number of hydrogen-bond acceptors (Lipinski definition) is 8. The Kier molecular flexibility index (Phi) is 9.63. The highest BCUT2D eigenvalue weighted by Gasteiger charge is 2.61. The van der Waals surface area contributed by atoms with Gasteiger partial charge in [-0.1, -0.05) is 32.2 Å². The molecule has 0 radical (unpaired) electrons. The van der Waals surface area contributed by atoms with Crippen molar-refractivity contribution in [1.82, 2.24) is 0 Å². The predicted octanol–water partition coefficient (Wildman–Crippen LogP) is 5.26. The summed E-state index contributed by atoms with van der Waals surface area (Å²) in [4.78, 5) is 33.7. The van der Waals surface area contributed by atoms with Crippen molar-refractivity contribution < 1.29 is 28.9 Å². The molecule has 3 saturated heterocycles. The van der Waals surface area contributed by atoms with Gasteiger partial charge in [-0.2, -0.15) is 0 Å². The highest BCUT2D eigenvalue weighted by Crippen LogP contribution is 2.49. The van der Waals surface area contributed by atoms with Crippen LogP contribution in [-0.2, 0) is 23.8 Å². The zero-order valence-corrected chi connectivity index (χ0v) is 25.1. The number of fused-ring (bicyclic) bond motifs is 4. The molecule has 8 nitrogen and oxygen atoms in total. The summed E-state index contributed by atoms with van der Waals surface area (Å²) in [6, 6.07) is 0. The number of esters is 2. The number of aliphatic hydroxyl groups is 1. The van der Waals surface area contributed by atoms with Crippen molar-refractivity contribution >= 4 is 24.4 Å². The number of allylic oxidation sites excluding steroid dienone is 4. The second kappa shape index (κ2) is 13.2. The Balaban J connectivity index is 1.07. The lowest BCUT2D eigenvalue weighted by molar-refractivity contribution is -0.146. The van der Waals surface area contributed by atoms with Crippen LogP contribution in [0.1, 0.15) is 78.1 Å². The van der Waals surface area contributed by atoms with E-state index >= 15 is 0 Å². The van der Waals surface area contributed by atoms with Gasteiger partial charge in [0.2, 0.25) is 0 Å². The standard InChI is InChI=1S/C34H46N2O6/c1-21-9-7-10-24(12-14-26-22(2)32(38)40-29(26)28(21)37)19-35-17-5-6-18-36-20-25-11-8-16-34(4)31(42-34)30-27(15-13-25)23(3)33(39)41-30/h10-11,19-21,26-31,37H,2-3,5-9,12-18H2,1,4H3/b24-10+,25-11+,35-19+,36-20-/t21-,26-,27-,28+,29-,30-,31-,34+/m0/s1. The summed E-state index contributed by atoms with van der Waals surface area (Å²) in [7, 11) is 0. The third-order valence-electron chi connectivity index (χ3n) is 9.76. The fourth-order valence-corrected chi connectivity index (χ4v) is 6.81. The van der Waals surface area contributed by atoms with Crippen LogP contribution in [0.4, 0.5) is 0 Å². The maximum atomic E-state index is 12.2. The van der Waals surface area contributed by atoms with Gasteiger partial charge in [-0.05, 0) is 88.2 Å². The zero-order valence-electron chi connectivity index (χ0n) is 25.1. The number of aliphatic hydroxyl groups excluding tert-OH is 1. The van der Waals surface area contributed by atoms with E-state index in [1.54, 1.807) is 0 Å². The molecule has 0 amide bonds. The zero-order chi connectivity index (χ0) is 29.9. The first-order chi connectivity index (χ1) is 20.2. The largest absolute Gasteiger partial charge is 0.456 e. The molecule has 0 aromatic carbocycles. The van der Waals surface area contributed by atoms with Gasteiger partial charge in [0.05, 0.1) is 11.7 Å². The number of aliphatic imine (C=N–C) groups is 2. The third kappa shape index (κ3) is 6.86. The monoisotopic (exact) mass is 578 g/mol. The number of unbranched alkanes of at least 4 members (excludes halogenated alkanes) is 1. The molecule has 0 saturated carbocycles. The van der Waals surface area contributed by atoms with Crippen LogP contribution in [-0.4, -0.2) is 72.6 Å². The summed E-state index contributed by atoms with van der Waals surface area (Å²) in [5, 5.41) is 10.7. The molecule has 0 bridgehead atoms. The van der Waals surface area contributed by atoms with Crippen molar-refractivity contribution in [2.24, 2.45) is 27.7 Å². The van der Waals surface area contributed by atoms with Crippen LogP contribution in [0.2, 0.25) is 0 Å². The van der Waals surface area contributed by atoms with E-state index in [1.807, 2.05) is 19.4 Å². The van der Waals surface area contributed by atoms with Gasteiger partial charge in [0.25, 0.3) is 0 Å². The summed E-state index contributed by atoms with van der Waals surface area (Å²) in [5.74, 6) is -0.774. The quantitative estimate of drug-likeness (QED) is 0.145. The molecule has 228 valence electrons. The van der Waals surface area contributed by atoms with E-state index in [0.717, 1.165) is 70.9 Å². The molecule has 8 heteroatoms. The van der Waals surface area contributed by atoms with E-state index in [4.69, 9.17) is 19.2 Å². The molecule has 3 aliphatic heterocycles. The van der Waals surface area contributed by atoms with Gasteiger partial charge in [-0.3, -0.25) is 9.98 Å². The molecule has 0 aromatic heterocycles. The maximum Gasteiger partial charge on any atom is 0.334 e. The summed E-state index contributed by atoms with van der Waals surface area (Å²) in [5.41, 5.74) is 3.19. The number of carbonyl (C=O) groups is 2. The minimum absolute atomic E-state index is 0.00287. The van der Waals surface area contributed by atoms with Gasteiger partial charge in [0.1, 0.15) is 18.3 Å². The average Bonchev–Trinajstić information content (AvgIpc) is 3.44. The van der Waals surface area contributed by atoms with Crippen molar-refractivity contribution in [2.75, 3.05) is 13.1 Å². The first kappa shape index (κ1) is 30.6. The van der Waals surface area contributed by atoms with Crippen LogP contribution >= 0.6 is 0 Å². The van der Waals surface area contributed by atoms with Crippen molar-refractivity contribution in [2.45, 2.75) is 108 Å². The highest BCUT2D eigenvalue weighted by atomic mass is 16.6. The minimum atomic E-state index is -0.662. The summed E-state index contributed by atoms with van der Waals surface area (Å²) in [6.07, 6.45) is 15.6. The average molecular weight is 579 g/mol. The molecule has 3 heterocycles. The van der Waals surface area contributed by atoms with Crippen LogP contribution in [0.25, 0.3) is 0 Å². The van der Waals surface area contributed by atoms with Gasteiger partial charge in [-0.15, -0.1) is 0 Å². The third-order valence-corrected chi connectivity index (χ3v) is 9.76. The number of carbonyl (C=O) groups excluding carboxylic acids is 2. The fraction of sp³-hybridized carbons (Fsp3) is 0.647. The second-order valence-electron chi connectivity index (χ2n) is 12.9. The van der Waals surface area contributed by atoms with Crippen molar-refractivity contribution in [1.29, 1.82) is 0 Å². The van der Waals surface area contributed by atoms with Gasteiger partial charge < -0.3 is 19.3 Å². The van der Waals surface area contributed by atoms with E-state index in [0.29, 0.717) is 17.6 Å². The van der Waals surface area contributed by atoms with Crippen LogP contribution in [0.5, 0.6) is 0 Å². The fourth-order valence-electron chi connectivity index (χ4n) is 6.81. The van der Waals surface area contributed by atoms with E-state index in [-0.39, 0.29) is 47.5 Å². The molecule has 1 N–H and O–H groups in total. The lowest BCUT2D eigenvalue weighted by Gasteiger charge is -2.28. The van der Waals surface area contributed by atoms with E-state index < -0.39 is 12.2 Å². The van der Waals surface area contributed by atoms with Crippen LogP contribution < -0.4 is 0 Å². The maximum absolute atomic E-state index is 12.2. The summed E-state index contributed by atoms with van der Waals surface area (Å²) < 4.78 is 17.1. The summed E-state index contributed by atoms with van der Waals surface area (Å²) in [6.45, 7) is 13.5. The van der Waals surface area contributed by atoms with E-state index in [9.17, 15) is 14.7 Å². The first-order valence-corrected chi connectivity index (χ1v) is 15.7. The molecule has 42 heavy (non-hydrogen) atoms. The normalized spacial score (nSPS) is 39.9. The molecular weight excluding hydrogens is 532 g/mol. The molecule has 0 aromatic rings. The number of nitrogens with zero attached hydrogens (tertiary/aromatic N) is 2. The van der Waals surface area contributed by atoms with Gasteiger partial charge >= 0.3 is 11.9 Å². The summed E-state index contributed by atoms with van der Waals surface area (Å²) >= 11 is 0. The van der Waals surface area contributed by atoms with E-state index in [2.05, 4.69) is 37.2 Å². The number of rotatable bonds is 7. The van der Waals surface area contributed by atoms with Crippen molar-refractivity contribution in [3.63, 3.8) is 0 Å². The number of epoxide rings is 1. The number of hydrogen-bond donors (Lipinski definition) is 1. The molecular formula is C34H46N2O6. The van der Waals surface area contributed by atoms with Crippen LogP contribution in [0.3, 0.4) is 0 Å². The molecule has 5 rings (SSSR count). The lowest BCUT2D eigenvalue weighted by atomic mass is 9.82. The molecule has 8 atom stereocenters. The lowest BCUT2D eigenvalue weighted by Crippen LogP contribution is -2.36. The smallest absolute Gasteiger partial charge is 0.334 e. The van der Waals surface area contributed by atoms with Crippen LogP contribution in [0.15, 0.2) is 57.6 Å². The Bertz CT molecular complexity index is 1200. The Morgan fingerprint density at radius 3 is 2.07 bits per heavy atom. The Morgan fingerprint density at radius 1 is 0.905 bits per heavy atom. The Hall–Kier alpha value is -2.84. The van der Waals surface area contributed by atoms with Crippen LogP contribution in [0, 0.1) is 17.8 Å². The molecule has 5 aliphatic rings. The topological polar surface area (TPSA) is 110 Å². The van der Waals surface area contributed by atoms with Gasteiger partial charge in [0.15, 0.2) is 0 Å². The van der Waals surface area contributed by atoms with Gasteiger partial charge in [-0.25, -0.2) is 9.59 Å². The molecule has 0 spiro atoms. The predicted molar refractivity (Wildman–Crippen MR) is 163 cm³/mol. The van der Waals surface area contributed by atoms with E-state index in [1.165, 1.54) is 11.1 Å². The SMILES string of the molecule is C=C1C(=O)O[C@@H]2[C@H](O)[C@@H](C)CC/C=C(/C=N/CCCC/N=C\C3=C\CC[C@@]4(C)O[C@H]4[C@H]4OC(=O)C(=C)[C@@H]4CC3)CC[C@@H]12. The Labute approximate surface area is 249 Å². The van der Waals surface area contributed by atoms with Gasteiger partial charge in [0, 0.05) is 48.5 Å². The van der Waals surface area contributed by atoms with Crippen molar-refractivity contribution in [3.8, 4) is 0 Å². The minimum Gasteiger partial charge on any atom is -0.456 e. The number of ether oxygens (including phenoxy) is 3. The first-order valence-electron chi connectivity index (χ1n) is 15.7. The Morgan fingerprint density at radius 2 is 1.45 bits per heavy atom. The van der Waals surface area contributed by atoms with Crippen molar-refractivity contribution in [3.05, 3.63) is 47.6 Å². The molecule has 0 unspecified atom stereocenters. The highest BCUT2D eigenvalue weighted by molar-refractivity contribution is 5.91. The second-order valence-corrected chi connectivity index (χ2v) is 12.9. The molecule has 2 aliphatic carbocycles.